The fourth-order valence-corrected chi connectivity index (χ4v) is 2.26. The molecular formula is C15H20Na4O16. The molecule has 0 heterocycles. The first-order valence-electron chi connectivity index (χ1n) is 7.83. The van der Waals surface area contributed by atoms with Gasteiger partial charge < -0.3 is 40.1 Å². The molecule has 20 heteroatoms. The van der Waals surface area contributed by atoms with Crippen molar-refractivity contribution >= 4 is 166 Å². The Kier molecular flexibility index (Phi) is 25.3. The Morgan fingerprint density at radius 1 is 0.457 bits per heavy atom. The summed E-state index contributed by atoms with van der Waals surface area (Å²) in [6.07, 6.45) is -7.71. The van der Waals surface area contributed by atoms with E-state index in [9.17, 15) is 38.4 Å². The Hall–Kier alpha value is -0.240. The van der Waals surface area contributed by atoms with Crippen LogP contribution in [0.1, 0.15) is 32.1 Å². The van der Waals surface area contributed by atoms with Crippen molar-refractivity contribution in [1.29, 1.82) is 0 Å². The van der Waals surface area contributed by atoms with Gasteiger partial charge in [-0.25, -0.2) is 9.59 Å². The number of rotatable bonds is 14. The van der Waals surface area contributed by atoms with Crippen LogP contribution in [0.25, 0.3) is 0 Å². The van der Waals surface area contributed by atoms with E-state index in [1.165, 1.54) is 0 Å². The zero-order valence-electron chi connectivity index (χ0n) is 15.3. The summed E-state index contributed by atoms with van der Waals surface area (Å²) in [7, 11) is 0. The Morgan fingerprint density at radius 3 is 0.800 bits per heavy atom. The summed E-state index contributed by atoms with van der Waals surface area (Å²) >= 11 is 0. The van der Waals surface area contributed by atoms with Crippen LogP contribution in [0.2, 0.25) is 0 Å². The maximum atomic E-state index is 11.9. The van der Waals surface area contributed by atoms with Crippen molar-refractivity contribution in [2.45, 2.75) is 43.3 Å². The number of carboxylic acids is 6. The van der Waals surface area contributed by atoms with Crippen LogP contribution in [0.4, 0.5) is 0 Å². The van der Waals surface area contributed by atoms with Crippen molar-refractivity contribution in [1.82, 2.24) is 0 Å². The Bertz CT molecular complexity index is 728. The summed E-state index contributed by atoms with van der Waals surface area (Å²) in [5, 5.41) is 53.4. The second-order valence-electron chi connectivity index (χ2n) is 6.01. The molecule has 35 heavy (non-hydrogen) atoms. The van der Waals surface area contributed by atoms with E-state index in [0.717, 1.165) is 0 Å². The van der Waals surface area contributed by atoms with Crippen LogP contribution in [-0.2, 0) is 47.8 Å². The SMILES string of the molecule is O=C(O)CC(CC(=O)O)(OC(=O)CC(=O)OC(CC(=O)O)(CC(=O)O)C(=O)O)C(=O)O.[NaH].[NaH].[NaH].[NaH]. The van der Waals surface area contributed by atoms with Crippen LogP contribution >= 0.6 is 0 Å². The molecule has 16 nitrogen and oxygen atoms in total. The first kappa shape index (κ1) is 44.7. The zero-order chi connectivity index (χ0) is 24.6. The van der Waals surface area contributed by atoms with Gasteiger partial charge in [-0.05, 0) is 0 Å². The van der Waals surface area contributed by atoms with Crippen LogP contribution in [-0.4, -0.2) is 208 Å². The Labute approximate surface area is 284 Å². The van der Waals surface area contributed by atoms with E-state index in [0.29, 0.717) is 0 Å². The van der Waals surface area contributed by atoms with E-state index in [1.54, 1.807) is 0 Å². The fourth-order valence-electron chi connectivity index (χ4n) is 2.26. The third-order valence-corrected chi connectivity index (χ3v) is 3.43. The van der Waals surface area contributed by atoms with Crippen LogP contribution in [0.3, 0.4) is 0 Å². The number of carbonyl (C=O) groups excluding carboxylic acids is 2. The molecule has 0 aromatic rings. The van der Waals surface area contributed by atoms with Gasteiger partial charge in [0, 0.05) is 0 Å². The van der Waals surface area contributed by atoms with Gasteiger partial charge in [-0.1, -0.05) is 0 Å². The average molecular weight is 548 g/mol. The molecule has 0 unspecified atom stereocenters. The van der Waals surface area contributed by atoms with Crippen LogP contribution < -0.4 is 0 Å². The van der Waals surface area contributed by atoms with E-state index in [4.69, 9.17) is 30.6 Å². The number of esters is 2. The quantitative estimate of drug-likeness (QED) is 0.0677. The van der Waals surface area contributed by atoms with Gasteiger partial charge in [0.2, 0.25) is 11.2 Å². The molecule has 180 valence electrons. The van der Waals surface area contributed by atoms with Gasteiger partial charge in [0.1, 0.15) is 6.42 Å². The minimum absolute atomic E-state index is 0. The molecule has 0 aliphatic rings. The molecule has 0 spiro atoms. The molecule has 0 aliphatic heterocycles. The standard InChI is InChI=1S/C15H16O16.4Na.4H/c16-6(17)2-14(12(26)27,3-7(18)19)30-10(24)1-11(25)31-15(13(28)29,4-8(20)21)5-9(22)23;;;;;;;;/h1-5H2,(H,16,17)(H,18,19)(H,20,21)(H,22,23)(H,26,27)(H,28,29);;;;;;;;. The molecule has 0 bridgehead atoms. The van der Waals surface area contributed by atoms with E-state index in [-0.39, 0.29) is 118 Å². The van der Waals surface area contributed by atoms with Crippen molar-refractivity contribution in [3.05, 3.63) is 0 Å². The number of carboxylic acid groups (broad SMARTS) is 6. The molecule has 0 radical (unpaired) electrons. The fraction of sp³-hybridized carbons (Fsp3) is 0.467. The summed E-state index contributed by atoms with van der Waals surface area (Å²) in [5.74, 6) is -15.6. The predicted molar refractivity (Wildman–Crippen MR) is 115 cm³/mol. The van der Waals surface area contributed by atoms with E-state index < -0.39 is 91.1 Å². The van der Waals surface area contributed by atoms with Gasteiger partial charge >= 0.3 is 166 Å². The van der Waals surface area contributed by atoms with Gasteiger partial charge in [0.05, 0.1) is 25.7 Å². The topological polar surface area (TPSA) is 276 Å². The van der Waals surface area contributed by atoms with Gasteiger partial charge in [-0.3, -0.25) is 28.8 Å². The summed E-state index contributed by atoms with van der Waals surface area (Å²) in [6.45, 7) is 0. The van der Waals surface area contributed by atoms with Crippen molar-refractivity contribution in [2.75, 3.05) is 0 Å². The van der Waals surface area contributed by atoms with Gasteiger partial charge in [-0.15, -0.1) is 0 Å². The van der Waals surface area contributed by atoms with Gasteiger partial charge in [0.15, 0.2) is 0 Å². The second-order valence-corrected chi connectivity index (χ2v) is 6.01. The van der Waals surface area contributed by atoms with E-state index >= 15 is 0 Å². The van der Waals surface area contributed by atoms with Crippen molar-refractivity contribution in [3.63, 3.8) is 0 Å². The number of aliphatic carboxylic acids is 6. The molecule has 0 amide bonds. The third-order valence-electron chi connectivity index (χ3n) is 3.43. The molecule has 0 fully saturated rings. The summed E-state index contributed by atoms with van der Waals surface area (Å²) < 4.78 is 8.70. The molecule has 0 aromatic heterocycles. The molecule has 0 aliphatic carbocycles. The Morgan fingerprint density at radius 2 is 0.657 bits per heavy atom. The predicted octanol–water partition coefficient (Wildman–Crippen LogP) is -4.59. The summed E-state index contributed by atoms with van der Waals surface area (Å²) in [6, 6.07) is 0. The third kappa shape index (κ3) is 16.3. The molecule has 0 saturated heterocycles. The average Bonchev–Trinajstić information content (AvgIpc) is 2.50. The summed E-state index contributed by atoms with van der Waals surface area (Å²) in [5.41, 5.74) is -6.28. The molecule has 6 N–H and O–H groups in total. The van der Waals surface area contributed by atoms with Crippen LogP contribution in [0.15, 0.2) is 0 Å². The van der Waals surface area contributed by atoms with Crippen molar-refractivity contribution in [3.8, 4) is 0 Å². The maximum absolute atomic E-state index is 11.9. The molecule has 0 rings (SSSR count). The number of ether oxygens (including phenoxy) is 2. The number of hydrogen-bond donors (Lipinski definition) is 6. The van der Waals surface area contributed by atoms with E-state index in [1.807, 2.05) is 0 Å². The van der Waals surface area contributed by atoms with E-state index in [2.05, 4.69) is 9.47 Å². The Balaban J connectivity index is -0.000000750. The summed E-state index contributed by atoms with van der Waals surface area (Å²) in [4.78, 5) is 89.9. The first-order chi connectivity index (χ1) is 14.0. The molecular weight excluding hydrogens is 528 g/mol. The molecule has 0 saturated carbocycles. The van der Waals surface area contributed by atoms with Crippen LogP contribution in [0.5, 0.6) is 0 Å². The van der Waals surface area contributed by atoms with Crippen molar-refractivity contribution < 1.29 is 78.5 Å². The first-order valence-corrected chi connectivity index (χ1v) is 7.83. The van der Waals surface area contributed by atoms with Crippen LogP contribution in [0, 0.1) is 0 Å². The van der Waals surface area contributed by atoms with Gasteiger partial charge in [-0.2, -0.15) is 0 Å². The monoisotopic (exact) mass is 548 g/mol. The second kappa shape index (κ2) is 19.8. The normalized spacial score (nSPS) is 9.83. The zero-order valence-corrected chi connectivity index (χ0v) is 15.3. The minimum atomic E-state index is -3.14. The molecule has 0 atom stereocenters. The van der Waals surface area contributed by atoms with Crippen molar-refractivity contribution in [2.24, 2.45) is 0 Å². The van der Waals surface area contributed by atoms with Gasteiger partial charge in [0.25, 0.3) is 0 Å². The number of hydrogen-bond acceptors (Lipinski definition) is 10. The number of carbonyl (C=O) groups is 8. The molecule has 0 aromatic carbocycles.